The van der Waals surface area contributed by atoms with Gasteiger partial charge in [-0.1, -0.05) is 34.1 Å². The molecule has 3 aromatic rings. The lowest BCUT2D eigenvalue weighted by molar-refractivity contribution is -0.125. The summed E-state index contributed by atoms with van der Waals surface area (Å²) in [5.74, 6) is 0.895. The van der Waals surface area contributed by atoms with Crippen molar-refractivity contribution in [1.29, 1.82) is 0 Å². The van der Waals surface area contributed by atoms with Crippen LogP contribution in [0.4, 0.5) is 17.1 Å². The smallest absolute Gasteiger partial charge is 0.261 e. The second kappa shape index (κ2) is 8.41. The third-order valence-electron chi connectivity index (χ3n) is 7.68. The molecule has 3 aliphatic rings. The standard InChI is InChI=1S/C28H27BrN4O2/c1-19-28(27(34)33(30-19)23-6-4-3-5-7-23)17-20-16-21(29)8-13-25(20)32-15-14-31(18-26(28)32)22-9-11-24(35-2)12-10-22/h3-13,16,26H,14-15,17-18H2,1-2H3/t26-,28+/m0/s1. The number of para-hydroxylation sites is 1. The fourth-order valence-electron chi connectivity index (χ4n) is 5.87. The Balaban J connectivity index is 1.44. The molecule has 6 rings (SSSR count). The molecule has 3 aliphatic heterocycles. The second-order valence-corrected chi connectivity index (χ2v) is 10.3. The molecule has 1 amide bonds. The van der Waals surface area contributed by atoms with Gasteiger partial charge in [0.1, 0.15) is 11.2 Å². The van der Waals surface area contributed by atoms with Crippen LogP contribution in [0.2, 0.25) is 0 Å². The Morgan fingerprint density at radius 1 is 1.00 bits per heavy atom. The fraction of sp³-hybridized carbons (Fsp3) is 0.286. The van der Waals surface area contributed by atoms with Gasteiger partial charge in [-0.25, -0.2) is 0 Å². The van der Waals surface area contributed by atoms with Crippen LogP contribution in [-0.4, -0.2) is 44.4 Å². The third-order valence-corrected chi connectivity index (χ3v) is 8.17. The highest BCUT2D eigenvalue weighted by Gasteiger charge is 2.60. The lowest BCUT2D eigenvalue weighted by Gasteiger charge is -2.53. The maximum absolute atomic E-state index is 14.3. The van der Waals surface area contributed by atoms with E-state index in [-0.39, 0.29) is 11.9 Å². The number of nitrogens with zero attached hydrogens (tertiary/aromatic N) is 4. The molecule has 1 spiro atoms. The first-order chi connectivity index (χ1) is 17.0. The van der Waals surface area contributed by atoms with Crippen molar-refractivity contribution in [1.82, 2.24) is 0 Å². The van der Waals surface area contributed by atoms with E-state index in [4.69, 9.17) is 9.84 Å². The number of ether oxygens (including phenoxy) is 1. The number of amides is 1. The van der Waals surface area contributed by atoms with Crippen molar-refractivity contribution in [2.45, 2.75) is 19.4 Å². The number of hydrogen-bond donors (Lipinski definition) is 0. The number of piperazine rings is 1. The van der Waals surface area contributed by atoms with Crippen molar-refractivity contribution in [2.75, 3.05) is 41.6 Å². The van der Waals surface area contributed by atoms with Crippen LogP contribution in [0, 0.1) is 5.41 Å². The fourth-order valence-corrected chi connectivity index (χ4v) is 6.28. The number of carbonyl (C=O) groups is 1. The first-order valence-electron chi connectivity index (χ1n) is 11.9. The molecule has 3 heterocycles. The minimum absolute atomic E-state index is 0.0306. The van der Waals surface area contributed by atoms with E-state index in [1.165, 1.54) is 11.3 Å². The average Bonchev–Trinajstić information content (AvgIpc) is 3.14. The molecular formula is C28H27BrN4O2. The van der Waals surface area contributed by atoms with Crippen LogP contribution in [0.3, 0.4) is 0 Å². The summed E-state index contributed by atoms with van der Waals surface area (Å²) in [5, 5.41) is 6.46. The molecule has 6 nitrogen and oxygen atoms in total. The third kappa shape index (κ3) is 3.44. The zero-order valence-electron chi connectivity index (χ0n) is 19.8. The van der Waals surface area contributed by atoms with E-state index in [2.05, 4.69) is 56.1 Å². The Bertz CT molecular complexity index is 1310. The Kier molecular flexibility index (Phi) is 5.33. The summed E-state index contributed by atoms with van der Waals surface area (Å²) in [4.78, 5) is 19.1. The molecule has 7 heteroatoms. The van der Waals surface area contributed by atoms with E-state index < -0.39 is 5.41 Å². The van der Waals surface area contributed by atoms with Crippen LogP contribution in [0.5, 0.6) is 5.75 Å². The van der Waals surface area contributed by atoms with Gasteiger partial charge in [-0.3, -0.25) is 4.79 Å². The lowest BCUT2D eigenvalue weighted by atomic mass is 9.67. The molecule has 0 saturated carbocycles. The summed E-state index contributed by atoms with van der Waals surface area (Å²) in [6.07, 6.45) is 0.636. The summed E-state index contributed by atoms with van der Waals surface area (Å²) < 4.78 is 6.38. The maximum Gasteiger partial charge on any atom is 0.261 e. The first-order valence-corrected chi connectivity index (χ1v) is 12.7. The van der Waals surface area contributed by atoms with Crippen molar-refractivity contribution in [2.24, 2.45) is 10.5 Å². The Morgan fingerprint density at radius 2 is 1.77 bits per heavy atom. The van der Waals surface area contributed by atoms with Gasteiger partial charge in [0, 0.05) is 35.5 Å². The van der Waals surface area contributed by atoms with E-state index >= 15 is 0 Å². The SMILES string of the molecule is COc1ccc(N2CCN3c4ccc(Br)cc4C[C@]4(C(=O)N(c5ccccc5)N=C4C)[C@@H]3C2)cc1. The van der Waals surface area contributed by atoms with Crippen molar-refractivity contribution in [3.63, 3.8) is 0 Å². The topological polar surface area (TPSA) is 48.4 Å². The summed E-state index contributed by atoms with van der Waals surface area (Å²) >= 11 is 3.64. The molecule has 3 aromatic carbocycles. The van der Waals surface area contributed by atoms with Gasteiger partial charge in [-0.2, -0.15) is 10.1 Å². The number of carbonyl (C=O) groups excluding carboxylic acids is 1. The van der Waals surface area contributed by atoms with Crippen LogP contribution in [-0.2, 0) is 11.2 Å². The molecule has 1 fully saturated rings. The number of anilines is 3. The van der Waals surface area contributed by atoms with E-state index in [0.717, 1.165) is 46.9 Å². The minimum atomic E-state index is -0.727. The van der Waals surface area contributed by atoms with Gasteiger partial charge in [0.2, 0.25) is 0 Å². The largest absolute Gasteiger partial charge is 0.497 e. The van der Waals surface area contributed by atoms with Gasteiger partial charge in [0.25, 0.3) is 5.91 Å². The Hall–Kier alpha value is -3.32. The van der Waals surface area contributed by atoms with Gasteiger partial charge in [0.15, 0.2) is 0 Å². The number of rotatable bonds is 3. The van der Waals surface area contributed by atoms with Crippen molar-refractivity contribution >= 4 is 44.6 Å². The first kappa shape index (κ1) is 22.2. The summed E-state index contributed by atoms with van der Waals surface area (Å²) in [6.45, 7) is 4.47. The average molecular weight is 531 g/mol. The highest BCUT2D eigenvalue weighted by molar-refractivity contribution is 9.10. The van der Waals surface area contributed by atoms with Crippen LogP contribution >= 0.6 is 15.9 Å². The van der Waals surface area contributed by atoms with Crippen molar-refractivity contribution in [3.05, 3.63) is 82.8 Å². The van der Waals surface area contributed by atoms with Crippen molar-refractivity contribution < 1.29 is 9.53 Å². The Labute approximate surface area is 213 Å². The normalized spacial score (nSPS) is 23.3. The number of fused-ring (bicyclic) bond motifs is 4. The molecule has 0 radical (unpaired) electrons. The molecule has 35 heavy (non-hydrogen) atoms. The molecule has 0 aliphatic carbocycles. The zero-order valence-corrected chi connectivity index (χ0v) is 21.4. The van der Waals surface area contributed by atoms with E-state index in [0.29, 0.717) is 6.42 Å². The highest BCUT2D eigenvalue weighted by Crippen LogP contribution is 2.49. The summed E-state index contributed by atoms with van der Waals surface area (Å²) in [6, 6.07) is 24.4. The number of hydrazone groups is 1. The quantitative estimate of drug-likeness (QED) is 0.471. The predicted molar refractivity (Wildman–Crippen MR) is 144 cm³/mol. The monoisotopic (exact) mass is 530 g/mol. The van der Waals surface area contributed by atoms with Gasteiger partial charge < -0.3 is 14.5 Å². The van der Waals surface area contributed by atoms with Crippen LogP contribution in [0.15, 0.2) is 82.4 Å². The molecule has 1 saturated heterocycles. The number of methoxy groups -OCH3 is 1. The molecule has 0 aromatic heterocycles. The van der Waals surface area contributed by atoms with E-state index in [1.54, 1.807) is 12.1 Å². The molecule has 0 unspecified atom stereocenters. The minimum Gasteiger partial charge on any atom is -0.497 e. The van der Waals surface area contributed by atoms with Gasteiger partial charge >= 0.3 is 0 Å². The van der Waals surface area contributed by atoms with Crippen molar-refractivity contribution in [3.8, 4) is 5.75 Å². The summed E-state index contributed by atoms with van der Waals surface area (Å²) in [7, 11) is 1.68. The Morgan fingerprint density at radius 3 is 2.51 bits per heavy atom. The van der Waals surface area contributed by atoms with Gasteiger partial charge in [0.05, 0.1) is 24.6 Å². The molecule has 0 bridgehead atoms. The summed E-state index contributed by atoms with van der Waals surface area (Å²) in [5.41, 5.74) is 4.51. The predicted octanol–water partition coefficient (Wildman–Crippen LogP) is 5.12. The number of hydrogen-bond acceptors (Lipinski definition) is 5. The maximum atomic E-state index is 14.3. The lowest BCUT2D eigenvalue weighted by Crippen LogP contribution is -2.67. The second-order valence-electron chi connectivity index (χ2n) is 9.41. The van der Waals surface area contributed by atoms with Crippen LogP contribution in [0.25, 0.3) is 0 Å². The number of benzene rings is 3. The van der Waals surface area contributed by atoms with Crippen LogP contribution in [0.1, 0.15) is 12.5 Å². The van der Waals surface area contributed by atoms with Gasteiger partial charge in [-0.05, 0) is 73.5 Å². The zero-order chi connectivity index (χ0) is 24.2. The number of halogens is 1. The molecule has 2 atom stereocenters. The van der Waals surface area contributed by atoms with E-state index in [9.17, 15) is 4.79 Å². The molecular weight excluding hydrogens is 504 g/mol. The van der Waals surface area contributed by atoms with Gasteiger partial charge in [-0.15, -0.1) is 0 Å². The molecule has 0 N–H and O–H groups in total. The van der Waals surface area contributed by atoms with E-state index in [1.807, 2.05) is 49.4 Å². The highest BCUT2D eigenvalue weighted by atomic mass is 79.9. The van der Waals surface area contributed by atoms with Crippen LogP contribution < -0.4 is 19.5 Å². The molecule has 178 valence electrons.